The molecular weight excluding hydrogens is 316 g/mol. The first-order valence-corrected chi connectivity index (χ1v) is 7.78. The number of benzene rings is 3. The van der Waals surface area contributed by atoms with E-state index in [-0.39, 0.29) is 11.1 Å². The zero-order valence-corrected chi connectivity index (χ0v) is 13.6. The number of hydrogen-bond donors (Lipinski definition) is 0. The number of para-hydroxylation sites is 1. The van der Waals surface area contributed by atoms with Crippen LogP contribution in [0.15, 0.2) is 78.9 Å². The maximum absolute atomic E-state index is 12.5. The highest BCUT2D eigenvalue weighted by molar-refractivity contribution is 6.04. The fraction of sp³-hybridized carbons (Fsp3) is 0.0476. The van der Waals surface area contributed by atoms with Gasteiger partial charge in [0.1, 0.15) is 11.5 Å². The third kappa shape index (κ3) is 4.12. The molecular formula is C21H16O4. The van der Waals surface area contributed by atoms with Gasteiger partial charge in [-0.3, -0.25) is 0 Å². The fourth-order valence-corrected chi connectivity index (χ4v) is 2.33. The van der Waals surface area contributed by atoms with Gasteiger partial charge in [-0.1, -0.05) is 42.5 Å². The topological polar surface area (TPSA) is 52.6 Å². The molecule has 0 aliphatic heterocycles. The van der Waals surface area contributed by atoms with Crippen LogP contribution < -0.4 is 9.47 Å². The molecule has 124 valence electrons. The summed E-state index contributed by atoms with van der Waals surface area (Å²) in [6.07, 6.45) is 0. The first-order chi connectivity index (χ1) is 12.1. The number of ether oxygens (including phenoxy) is 2. The monoisotopic (exact) mass is 332 g/mol. The van der Waals surface area contributed by atoms with Gasteiger partial charge in [0.2, 0.25) is 0 Å². The Bertz CT molecular complexity index is 901. The van der Waals surface area contributed by atoms with Crippen LogP contribution in [0, 0.1) is 6.92 Å². The number of carbonyl (C=O) groups excluding carboxylic acids is 2. The maximum Gasteiger partial charge on any atom is 0.344 e. The molecule has 3 aromatic carbocycles. The van der Waals surface area contributed by atoms with Crippen LogP contribution in [0.1, 0.15) is 26.3 Å². The molecule has 3 aromatic rings. The van der Waals surface area contributed by atoms with Gasteiger partial charge in [-0.25, -0.2) is 9.59 Å². The van der Waals surface area contributed by atoms with E-state index in [4.69, 9.17) is 9.47 Å². The Morgan fingerprint density at radius 3 is 1.76 bits per heavy atom. The van der Waals surface area contributed by atoms with Crippen LogP contribution in [-0.4, -0.2) is 11.9 Å². The van der Waals surface area contributed by atoms with Crippen molar-refractivity contribution in [3.63, 3.8) is 0 Å². The summed E-state index contributed by atoms with van der Waals surface area (Å²) in [7, 11) is 0. The Morgan fingerprint density at radius 1 is 0.640 bits per heavy atom. The Labute approximate surface area is 145 Å². The van der Waals surface area contributed by atoms with E-state index in [0.29, 0.717) is 11.5 Å². The molecule has 0 aliphatic rings. The summed E-state index contributed by atoms with van der Waals surface area (Å²) in [5.41, 5.74) is 1.29. The molecule has 0 aliphatic carbocycles. The number of rotatable bonds is 4. The number of hydrogen-bond acceptors (Lipinski definition) is 4. The molecule has 0 unspecified atom stereocenters. The van der Waals surface area contributed by atoms with Crippen molar-refractivity contribution in [2.75, 3.05) is 0 Å². The Morgan fingerprint density at radius 2 is 1.16 bits per heavy atom. The van der Waals surface area contributed by atoms with Crippen LogP contribution in [0.25, 0.3) is 0 Å². The van der Waals surface area contributed by atoms with Gasteiger partial charge in [-0.05, 0) is 48.9 Å². The van der Waals surface area contributed by atoms with Crippen molar-refractivity contribution < 1.29 is 19.1 Å². The van der Waals surface area contributed by atoms with E-state index in [9.17, 15) is 9.59 Å². The Kier molecular flexibility index (Phi) is 4.90. The molecule has 0 N–H and O–H groups in total. The molecule has 0 radical (unpaired) electrons. The van der Waals surface area contributed by atoms with Crippen molar-refractivity contribution in [3.8, 4) is 11.5 Å². The second kappa shape index (κ2) is 7.45. The summed E-state index contributed by atoms with van der Waals surface area (Å²) < 4.78 is 10.7. The number of carbonyl (C=O) groups is 2. The number of aryl methyl sites for hydroxylation is 1. The van der Waals surface area contributed by atoms with E-state index in [2.05, 4.69) is 0 Å². The van der Waals surface area contributed by atoms with Gasteiger partial charge in [0.25, 0.3) is 0 Å². The highest BCUT2D eigenvalue weighted by Gasteiger charge is 2.20. The second-order valence-electron chi connectivity index (χ2n) is 5.45. The van der Waals surface area contributed by atoms with Crippen molar-refractivity contribution in [2.24, 2.45) is 0 Å². The zero-order chi connectivity index (χ0) is 17.6. The van der Waals surface area contributed by atoms with E-state index < -0.39 is 11.9 Å². The van der Waals surface area contributed by atoms with Crippen LogP contribution in [0.5, 0.6) is 11.5 Å². The SMILES string of the molecule is Cc1cccc(OC(=O)c2ccccc2C(=O)Oc2ccccc2)c1. The lowest BCUT2D eigenvalue weighted by Crippen LogP contribution is -2.17. The van der Waals surface area contributed by atoms with Crippen molar-refractivity contribution in [2.45, 2.75) is 6.92 Å². The first-order valence-electron chi connectivity index (χ1n) is 7.78. The zero-order valence-electron chi connectivity index (χ0n) is 13.6. The normalized spacial score (nSPS) is 10.1. The predicted molar refractivity (Wildman–Crippen MR) is 94.0 cm³/mol. The molecule has 0 amide bonds. The van der Waals surface area contributed by atoms with Crippen molar-refractivity contribution in [3.05, 3.63) is 95.6 Å². The van der Waals surface area contributed by atoms with Crippen LogP contribution in [0.4, 0.5) is 0 Å². The van der Waals surface area contributed by atoms with Gasteiger partial charge in [-0.15, -0.1) is 0 Å². The molecule has 4 nitrogen and oxygen atoms in total. The molecule has 25 heavy (non-hydrogen) atoms. The van der Waals surface area contributed by atoms with E-state index in [1.54, 1.807) is 60.7 Å². The van der Waals surface area contributed by atoms with Crippen LogP contribution in [-0.2, 0) is 0 Å². The second-order valence-corrected chi connectivity index (χ2v) is 5.45. The summed E-state index contributed by atoms with van der Waals surface area (Å²) >= 11 is 0. The summed E-state index contributed by atoms with van der Waals surface area (Å²) in [5, 5.41) is 0. The van der Waals surface area contributed by atoms with Gasteiger partial charge < -0.3 is 9.47 Å². The largest absolute Gasteiger partial charge is 0.423 e. The molecule has 0 atom stereocenters. The van der Waals surface area contributed by atoms with Gasteiger partial charge in [0.15, 0.2) is 0 Å². The van der Waals surface area contributed by atoms with Crippen LogP contribution in [0.3, 0.4) is 0 Å². The van der Waals surface area contributed by atoms with Crippen molar-refractivity contribution in [1.82, 2.24) is 0 Å². The molecule has 0 aromatic heterocycles. The standard InChI is InChI=1S/C21H16O4/c1-15-8-7-11-17(14-15)25-21(23)19-13-6-5-12-18(19)20(22)24-16-9-3-2-4-10-16/h2-14H,1H3. The predicted octanol–water partition coefficient (Wildman–Crippen LogP) is 4.43. The highest BCUT2D eigenvalue weighted by Crippen LogP contribution is 2.18. The molecule has 0 saturated carbocycles. The van der Waals surface area contributed by atoms with Crippen molar-refractivity contribution >= 4 is 11.9 Å². The van der Waals surface area contributed by atoms with Gasteiger partial charge >= 0.3 is 11.9 Å². The molecule has 3 rings (SSSR count). The van der Waals surface area contributed by atoms with E-state index >= 15 is 0 Å². The van der Waals surface area contributed by atoms with E-state index in [1.807, 2.05) is 19.1 Å². The van der Waals surface area contributed by atoms with Crippen LogP contribution in [0.2, 0.25) is 0 Å². The van der Waals surface area contributed by atoms with Gasteiger partial charge in [-0.2, -0.15) is 0 Å². The van der Waals surface area contributed by atoms with E-state index in [1.165, 1.54) is 6.07 Å². The lowest BCUT2D eigenvalue weighted by Gasteiger charge is -2.09. The molecule has 0 fully saturated rings. The highest BCUT2D eigenvalue weighted by atomic mass is 16.5. The average molecular weight is 332 g/mol. The third-order valence-electron chi connectivity index (χ3n) is 3.52. The summed E-state index contributed by atoms with van der Waals surface area (Å²) in [6.45, 7) is 1.91. The van der Waals surface area contributed by atoms with E-state index in [0.717, 1.165) is 5.56 Å². The lowest BCUT2D eigenvalue weighted by atomic mass is 10.1. The quantitative estimate of drug-likeness (QED) is 0.524. The summed E-state index contributed by atoms with van der Waals surface area (Å²) in [4.78, 5) is 24.9. The smallest absolute Gasteiger partial charge is 0.344 e. The number of esters is 2. The molecule has 0 saturated heterocycles. The van der Waals surface area contributed by atoms with Crippen molar-refractivity contribution in [1.29, 1.82) is 0 Å². The summed E-state index contributed by atoms with van der Waals surface area (Å²) in [6, 6.07) is 22.3. The maximum atomic E-state index is 12.5. The average Bonchev–Trinajstić information content (AvgIpc) is 2.62. The third-order valence-corrected chi connectivity index (χ3v) is 3.52. The molecule has 0 bridgehead atoms. The first kappa shape index (κ1) is 16.5. The molecule has 0 heterocycles. The molecule has 0 spiro atoms. The fourth-order valence-electron chi connectivity index (χ4n) is 2.33. The minimum absolute atomic E-state index is 0.156. The van der Waals surface area contributed by atoms with Gasteiger partial charge in [0.05, 0.1) is 11.1 Å². The lowest BCUT2D eigenvalue weighted by molar-refractivity contribution is 0.0692. The molecule has 4 heteroatoms. The van der Waals surface area contributed by atoms with Crippen LogP contribution >= 0.6 is 0 Å². The minimum Gasteiger partial charge on any atom is -0.423 e. The minimum atomic E-state index is -0.608. The van der Waals surface area contributed by atoms with Gasteiger partial charge in [0, 0.05) is 0 Å². The summed E-state index contributed by atoms with van der Waals surface area (Å²) in [5.74, 6) is -0.375. The Hall–Kier alpha value is -3.40. The Balaban J connectivity index is 1.82.